The van der Waals surface area contributed by atoms with E-state index in [1.54, 1.807) is 0 Å². The van der Waals surface area contributed by atoms with Crippen molar-refractivity contribution in [2.45, 2.75) is 12.0 Å². The number of benzene rings is 7. The normalized spacial score (nSPS) is 15.7. The van der Waals surface area contributed by atoms with Gasteiger partial charge < -0.3 is 4.90 Å². The highest BCUT2D eigenvalue weighted by Gasteiger charge is 2.40. The Morgan fingerprint density at radius 2 is 1.02 bits per heavy atom. The summed E-state index contributed by atoms with van der Waals surface area (Å²) in [5.74, 6) is 2.01. The summed E-state index contributed by atoms with van der Waals surface area (Å²) in [5.41, 5.74) is 12.2. The molecule has 1 unspecified atom stereocenters. The van der Waals surface area contributed by atoms with Gasteiger partial charge in [0.2, 0.25) is 5.95 Å². The molecule has 2 aliphatic rings. The Bertz CT molecular complexity index is 2980. The molecule has 5 nitrogen and oxygen atoms in total. The molecule has 2 aromatic heterocycles. The highest BCUT2D eigenvalue weighted by molar-refractivity contribution is 6.15. The van der Waals surface area contributed by atoms with Crippen LogP contribution in [-0.2, 0) is 0 Å². The average Bonchev–Trinajstić information content (AvgIpc) is 3.80. The quantitative estimate of drug-likeness (QED) is 0.172. The zero-order chi connectivity index (χ0) is 37.0. The topological polar surface area (TPSA) is 46.8 Å². The molecule has 11 rings (SSSR count). The van der Waals surface area contributed by atoms with Gasteiger partial charge in [-0.3, -0.25) is 4.57 Å². The van der Waals surface area contributed by atoms with Crippen LogP contribution < -0.4 is 4.90 Å². The van der Waals surface area contributed by atoms with Gasteiger partial charge in [-0.15, -0.1) is 0 Å². The molecular formula is C51H35N5. The lowest BCUT2D eigenvalue weighted by molar-refractivity contribution is 0.745. The number of hydrogen-bond acceptors (Lipinski definition) is 4. The van der Waals surface area contributed by atoms with E-state index in [1.807, 2.05) is 24.3 Å². The first-order chi connectivity index (χ1) is 27.8. The van der Waals surface area contributed by atoms with E-state index < -0.39 is 0 Å². The van der Waals surface area contributed by atoms with Gasteiger partial charge in [0.15, 0.2) is 11.6 Å². The molecule has 264 valence electrons. The first-order valence-corrected chi connectivity index (χ1v) is 19.1. The van der Waals surface area contributed by atoms with Gasteiger partial charge in [-0.1, -0.05) is 176 Å². The lowest BCUT2D eigenvalue weighted by Crippen LogP contribution is -2.28. The Labute approximate surface area is 325 Å². The van der Waals surface area contributed by atoms with Crippen LogP contribution in [0.5, 0.6) is 0 Å². The van der Waals surface area contributed by atoms with Gasteiger partial charge in [-0.25, -0.2) is 4.98 Å². The predicted octanol–water partition coefficient (Wildman–Crippen LogP) is 12.4. The maximum Gasteiger partial charge on any atom is 0.238 e. The third kappa shape index (κ3) is 5.28. The van der Waals surface area contributed by atoms with E-state index in [1.165, 1.54) is 22.4 Å². The largest absolute Gasteiger partial charge is 0.332 e. The van der Waals surface area contributed by atoms with Crippen molar-refractivity contribution in [2.75, 3.05) is 4.90 Å². The number of aromatic nitrogens is 4. The molecule has 0 spiro atoms. The minimum absolute atomic E-state index is 0.104. The van der Waals surface area contributed by atoms with Gasteiger partial charge in [0.1, 0.15) is 0 Å². The number of hydrogen-bond donors (Lipinski definition) is 0. The zero-order valence-corrected chi connectivity index (χ0v) is 30.4. The molecular weight excluding hydrogens is 683 g/mol. The van der Waals surface area contributed by atoms with Crippen molar-refractivity contribution in [3.8, 4) is 51.0 Å². The Morgan fingerprint density at radius 3 is 1.77 bits per heavy atom. The maximum absolute atomic E-state index is 5.37. The molecule has 2 atom stereocenters. The second-order valence-corrected chi connectivity index (χ2v) is 14.4. The fourth-order valence-corrected chi connectivity index (χ4v) is 8.61. The summed E-state index contributed by atoms with van der Waals surface area (Å²) in [6.45, 7) is 0. The number of fused-ring (bicyclic) bond motifs is 7. The lowest BCUT2D eigenvalue weighted by atomic mass is 9.91. The predicted molar refractivity (Wildman–Crippen MR) is 229 cm³/mol. The van der Waals surface area contributed by atoms with Crippen molar-refractivity contribution in [3.05, 3.63) is 206 Å². The van der Waals surface area contributed by atoms with Crippen LogP contribution in [0.4, 0.5) is 11.4 Å². The van der Waals surface area contributed by atoms with Crippen LogP contribution in [0.3, 0.4) is 0 Å². The zero-order valence-electron chi connectivity index (χ0n) is 30.4. The molecule has 0 fully saturated rings. The Morgan fingerprint density at radius 1 is 0.429 bits per heavy atom. The van der Waals surface area contributed by atoms with E-state index in [-0.39, 0.29) is 12.0 Å². The number of anilines is 2. The standard InChI is InChI=1S/C51H35N5/c1-4-16-34(17-5-1)37-22-14-24-39(32-37)50-52-49(36-20-8-3-9-21-36)53-51(54-50)56-46-29-13-11-27-42(46)44-31-30-43-41-26-10-12-28-45(41)55(47(43)48(44)56)40-25-15-23-38(33-40)35-18-6-2-7-19-35/h1-33,41,45H/t41-,45?/m1/s1. The fraction of sp³-hybridized carbons (Fsp3) is 0.0392. The van der Waals surface area contributed by atoms with Gasteiger partial charge in [-0.2, -0.15) is 9.97 Å². The molecule has 0 radical (unpaired) electrons. The SMILES string of the molecule is C1=CC2[C@H](C=C1)c1ccc3c4ccccc4n(-c4nc(-c5ccccc5)nc(-c5cccc(-c6ccccc6)c5)n4)c3c1N2c1cccc(-c2ccccc2)c1. The Kier molecular flexibility index (Phi) is 7.56. The van der Waals surface area contributed by atoms with E-state index in [4.69, 9.17) is 15.0 Å². The number of nitrogens with zero attached hydrogens (tertiary/aromatic N) is 5. The van der Waals surface area contributed by atoms with Crippen molar-refractivity contribution in [3.63, 3.8) is 0 Å². The smallest absolute Gasteiger partial charge is 0.238 e. The Balaban J connectivity index is 1.19. The second-order valence-electron chi connectivity index (χ2n) is 14.4. The lowest BCUT2D eigenvalue weighted by Gasteiger charge is -2.29. The molecule has 5 heteroatoms. The summed E-state index contributed by atoms with van der Waals surface area (Å²) >= 11 is 0. The summed E-state index contributed by atoms with van der Waals surface area (Å²) in [7, 11) is 0. The maximum atomic E-state index is 5.37. The molecule has 3 heterocycles. The van der Waals surface area contributed by atoms with Crippen molar-refractivity contribution in [1.29, 1.82) is 0 Å². The van der Waals surface area contributed by atoms with Crippen LogP contribution in [-0.4, -0.2) is 25.6 Å². The summed E-state index contributed by atoms with van der Waals surface area (Å²) in [4.78, 5) is 18.4. The van der Waals surface area contributed by atoms with E-state index in [2.05, 4.69) is 185 Å². The number of para-hydroxylation sites is 1. The monoisotopic (exact) mass is 717 g/mol. The molecule has 0 saturated heterocycles. The summed E-state index contributed by atoms with van der Waals surface area (Å²) < 4.78 is 2.28. The van der Waals surface area contributed by atoms with Crippen LogP contribution >= 0.6 is 0 Å². The molecule has 0 saturated carbocycles. The Hall–Kier alpha value is -7.37. The molecule has 0 N–H and O–H groups in total. The molecule has 7 aromatic carbocycles. The molecule has 56 heavy (non-hydrogen) atoms. The summed E-state index contributed by atoms with van der Waals surface area (Å²) in [5, 5.41) is 2.31. The third-order valence-electron chi connectivity index (χ3n) is 11.2. The van der Waals surface area contributed by atoms with Gasteiger partial charge in [0.25, 0.3) is 0 Å². The van der Waals surface area contributed by atoms with Gasteiger partial charge in [0, 0.05) is 33.5 Å². The first kappa shape index (κ1) is 32.1. The van der Waals surface area contributed by atoms with E-state index >= 15 is 0 Å². The van der Waals surface area contributed by atoms with Crippen LogP contribution in [0, 0.1) is 0 Å². The number of allylic oxidation sites excluding steroid dienone is 2. The van der Waals surface area contributed by atoms with Crippen LogP contribution in [0.15, 0.2) is 200 Å². The number of rotatable bonds is 6. The molecule has 1 aliphatic carbocycles. The van der Waals surface area contributed by atoms with Crippen molar-refractivity contribution in [2.24, 2.45) is 0 Å². The molecule has 1 aliphatic heterocycles. The van der Waals surface area contributed by atoms with Gasteiger partial charge in [-0.05, 0) is 52.1 Å². The third-order valence-corrected chi connectivity index (χ3v) is 11.2. The van der Waals surface area contributed by atoms with Crippen molar-refractivity contribution >= 4 is 33.2 Å². The van der Waals surface area contributed by atoms with Crippen LogP contribution in [0.1, 0.15) is 11.5 Å². The highest BCUT2D eigenvalue weighted by Crippen LogP contribution is 2.53. The van der Waals surface area contributed by atoms with E-state index in [0.717, 1.165) is 49.7 Å². The van der Waals surface area contributed by atoms with Crippen molar-refractivity contribution in [1.82, 2.24) is 19.5 Å². The van der Waals surface area contributed by atoms with E-state index in [9.17, 15) is 0 Å². The second kappa shape index (κ2) is 13.2. The molecule has 9 aromatic rings. The summed E-state index contributed by atoms with van der Waals surface area (Å²) in [6, 6.07) is 62.1. The fourth-order valence-electron chi connectivity index (χ4n) is 8.61. The van der Waals surface area contributed by atoms with Crippen LogP contribution in [0.2, 0.25) is 0 Å². The minimum atomic E-state index is 0.104. The van der Waals surface area contributed by atoms with Crippen molar-refractivity contribution < 1.29 is 0 Å². The van der Waals surface area contributed by atoms with Gasteiger partial charge in [0.05, 0.1) is 22.8 Å². The molecule has 0 bridgehead atoms. The molecule has 0 amide bonds. The van der Waals surface area contributed by atoms with Crippen LogP contribution in [0.25, 0.3) is 72.8 Å². The average molecular weight is 718 g/mol. The van der Waals surface area contributed by atoms with E-state index in [0.29, 0.717) is 17.6 Å². The minimum Gasteiger partial charge on any atom is -0.332 e. The van der Waals surface area contributed by atoms with Gasteiger partial charge >= 0.3 is 0 Å². The highest BCUT2D eigenvalue weighted by atomic mass is 15.2. The first-order valence-electron chi connectivity index (χ1n) is 19.1. The summed E-state index contributed by atoms with van der Waals surface area (Å²) in [6.07, 6.45) is 9.05.